The Kier molecular flexibility index (Phi) is 5.21. The zero-order chi connectivity index (χ0) is 18.1. The summed E-state index contributed by atoms with van der Waals surface area (Å²) in [5.41, 5.74) is 4.40. The summed E-state index contributed by atoms with van der Waals surface area (Å²) < 4.78 is 6.16. The van der Waals surface area contributed by atoms with Crippen molar-refractivity contribution in [3.05, 3.63) is 63.7 Å². The fourth-order valence-corrected chi connectivity index (χ4v) is 4.46. The predicted octanol–water partition coefficient (Wildman–Crippen LogP) is 4.71. The third-order valence-corrected chi connectivity index (χ3v) is 6.32. The van der Waals surface area contributed by atoms with Gasteiger partial charge in [-0.25, -0.2) is 0 Å². The molecule has 1 fully saturated rings. The molecule has 0 unspecified atom stereocenters. The summed E-state index contributed by atoms with van der Waals surface area (Å²) in [4.78, 5) is 2.48. The van der Waals surface area contributed by atoms with Gasteiger partial charge in [-0.05, 0) is 61.5 Å². The number of aryl methyl sites for hydroxylation is 1. The fourth-order valence-electron chi connectivity index (χ4n) is 4.27. The highest BCUT2D eigenvalue weighted by atomic mass is 35.5. The molecule has 138 valence electrons. The van der Waals surface area contributed by atoms with E-state index in [9.17, 15) is 5.11 Å². The van der Waals surface area contributed by atoms with Crippen LogP contribution in [0.4, 0.5) is 0 Å². The van der Waals surface area contributed by atoms with Crippen molar-refractivity contribution in [1.82, 2.24) is 4.90 Å². The number of fused-ring (bicyclic) bond motifs is 1. The van der Waals surface area contributed by atoms with Gasteiger partial charge >= 0.3 is 0 Å². The van der Waals surface area contributed by atoms with Crippen molar-refractivity contribution in [2.24, 2.45) is 5.92 Å². The second-order valence-electron chi connectivity index (χ2n) is 7.63. The second-order valence-corrected chi connectivity index (χ2v) is 8.03. The number of piperidine rings is 1. The molecule has 1 saturated heterocycles. The Bertz CT molecular complexity index is 784. The van der Waals surface area contributed by atoms with Gasteiger partial charge in [-0.15, -0.1) is 0 Å². The van der Waals surface area contributed by atoms with E-state index in [1.807, 2.05) is 25.1 Å². The Balaban J connectivity index is 1.37. The first kappa shape index (κ1) is 17.8. The van der Waals surface area contributed by atoms with Crippen molar-refractivity contribution < 1.29 is 9.84 Å². The molecule has 2 aliphatic heterocycles. The summed E-state index contributed by atoms with van der Waals surface area (Å²) in [7, 11) is 0. The minimum absolute atomic E-state index is 0.220. The molecule has 0 aromatic heterocycles. The number of hydrogen-bond donors (Lipinski definition) is 1. The van der Waals surface area contributed by atoms with E-state index in [1.54, 1.807) is 0 Å². The van der Waals surface area contributed by atoms with E-state index in [2.05, 4.69) is 23.1 Å². The first-order valence-electron chi connectivity index (χ1n) is 9.49. The maximum absolute atomic E-state index is 10.4. The van der Waals surface area contributed by atoms with Crippen LogP contribution in [0.25, 0.3) is 0 Å². The zero-order valence-corrected chi connectivity index (χ0v) is 16.0. The number of likely N-dealkylation sites (tertiary alicyclic amines) is 1. The lowest BCUT2D eigenvalue weighted by Gasteiger charge is -2.38. The van der Waals surface area contributed by atoms with Crippen LogP contribution in [0, 0.1) is 12.8 Å². The molecule has 2 aromatic carbocycles. The fraction of sp³-hybridized carbons (Fsp3) is 0.455. The number of nitrogens with zero attached hydrogens (tertiary/aromatic N) is 1. The topological polar surface area (TPSA) is 32.7 Å². The summed E-state index contributed by atoms with van der Waals surface area (Å²) in [6.07, 6.45) is 3.32. The second kappa shape index (κ2) is 7.59. The van der Waals surface area contributed by atoms with E-state index in [0.29, 0.717) is 18.3 Å². The molecule has 1 atom stereocenters. The highest BCUT2D eigenvalue weighted by Gasteiger charge is 2.31. The minimum atomic E-state index is 0.220. The Morgan fingerprint density at radius 2 is 1.92 bits per heavy atom. The Labute approximate surface area is 160 Å². The molecular formula is C22H26ClNO2. The van der Waals surface area contributed by atoms with E-state index < -0.39 is 0 Å². The Morgan fingerprint density at radius 3 is 2.69 bits per heavy atom. The van der Waals surface area contributed by atoms with Crippen LogP contribution in [0.2, 0.25) is 5.02 Å². The van der Waals surface area contributed by atoms with Crippen molar-refractivity contribution in [1.29, 1.82) is 0 Å². The number of rotatable bonds is 3. The van der Waals surface area contributed by atoms with Gasteiger partial charge in [0.1, 0.15) is 5.75 Å². The third kappa shape index (κ3) is 3.62. The van der Waals surface area contributed by atoms with Gasteiger partial charge in [0.25, 0.3) is 0 Å². The summed E-state index contributed by atoms with van der Waals surface area (Å²) >= 11 is 6.30. The van der Waals surface area contributed by atoms with Gasteiger partial charge in [-0.2, -0.15) is 0 Å². The van der Waals surface area contributed by atoms with Crippen molar-refractivity contribution in [2.75, 3.05) is 13.1 Å². The first-order chi connectivity index (χ1) is 12.6. The number of halogens is 1. The summed E-state index contributed by atoms with van der Waals surface area (Å²) in [5.74, 6) is 1.03. The molecule has 2 aliphatic rings. The van der Waals surface area contributed by atoms with Crippen molar-refractivity contribution in [3.8, 4) is 5.75 Å². The standard InChI is InChI=1S/C22H26ClNO2/c1-15-6-7-18-14-26-21(12-19(18)22(15)25)16-8-10-24(11-9-16)13-17-4-2-3-5-20(17)23/h2-7,16,21,25H,8-14H2,1H3/t21-/m0/s1. The van der Waals surface area contributed by atoms with Gasteiger partial charge in [-0.3, -0.25) is 4.90 Å². The van der Waals surface area contributed by atoms with Crippen LogP contribution in [-0.4, -0.2) is 29.2 Å². The molecule has 0 amide bonds. The van der Waals surface area contributed by atoms with Crippen LogP contribution in [0.15, 0.2) is 36.4 Å². The quantitative estimate of drug-likeness (QED) is 0.848. The molecule has 26 heavy (non-hydrogen) atoms. The summed E-state index contributed by atoms with van der Waals surface area (Å²) in [6.45, 7) is 5.65. The Hall–Kier alpha value is -1.55. The average Bonchev–Trinajstić information content (AvgIpc) is 2.67. The predicted molar refractivity (Wildman–Crippen MR) is 105 cm³/mol. The molecular weight excluding hydrogens is 346 g/mol. The van der Waals surface area contributed by atoms with E-state index in [-0.39, 0.29) is 6.10 Å². The van der Waals surface area contributed by atoms with Crippen LogP contribution in [0.5, 0.6) is 5.75 Å². The van der Waals surface area contributed by atoms with Crippen LogP contribution in [0.1, 0.15) is 35.1 Å². The smallest absolute Gasteiger partial charge is 0.122 e. The zero-order valence-electron chi connectivity index (χ0n) is 15.2. The van der Waals surface area contributed by atoms with Crippen LogP contribution < -0.4 is 0 Å². The van der Waals surface area contributed by atoms with Gasteiger partial charge in [-0.1, -0.05) is 41.9 Å². The first-order valence-corrected chi connectivity index (χ1v) is 9.87. The lowest BCUT2D eigenvalue weighted by Crippen LogP contribution is -2.40. The number of phenolic OH excluding ortho intramolecular Hbond substituents is 1. The van der Waals surface area contributed by atoms with Crippen LogP contribution >= 0.6 is 11.6 Å². The van der Waals surface area contributed by atoms with Gasteiger partial charge in [0.05, 0.1) is 12.7 Å². The molecule has 0 aliphatic carbocycles. The minimum Gasteiger partial charge on any atom is -0.507 e. The molecule has 0 radical (unpaired) electrons. The van der Waals surface area contributed by atoms with Gasteiger partial charge in [0.15, 0.2) is 0 Å². The number of benzene rings is 2. The maximum Gasteiger partial charge on any atom is 0.122 e. The van der Waals surface area contributed by atoms with Gasteiger partial charge in [0, 0.05) is 23.6 Å². The highest BCUT2D eigenvalue weighted by molar-refractivity contribution is 6.31. The monoisotopic (exact) mass is 371 g/mol. The normalized spacial score (nSPS) is 21.5. The molecule has 0 saturated carbocycles. The van der Waals surface area contributed by atoms with Crippen molar-refractivity contribution >= 4 is 11.6 Å². The van der Waals surface area contributed by atoms with Gasteiger partial charge in [0.2, 0.25) is 0 Å². The average molecular weight is 372 g/mol. The molecule has 4 rings (SSSR count). The summed E-state index contributed by atoms with van der Waals surface area (Å²) in [5, 5.41) is 11.3. The summed E-state index contributed by atoms with van der Waals surface area (Å²) in [6, 6.07) is 12.2. The molecule has 0 bridgehead atoms. The third-order valence-electron chi connectivity index (χ3n) is 5.95. The van der Waals surface area contributed by atoms with E-state index >= 15 is 0 Å². The molecule has 2 aromatic rings. The van der Waals surface area contributed by atoms with E-state index in [1.165, 1.54) is 5.56 Å². The SMILES string of the molecule is Cc1ccc2c(c1O)C[C@@H](C1CCN(Cc3ccccc3Cl)CC1)OC2. The van der Waals surface area contributed by atoms with Crippen LogP contribution in [0.3, 0.4) is 0 Å². The molecule has 1 N–H and O–H groups in total. The molecule has 2 heterocycles. The molecule has 4 heteroatoms. The lowest BCUT2D eigenvalue weighted by atomic mass is 9.84. The number of phenols is 1. The highest BCUT2D eigenvalue weighted by Crippen LogP contribution is 2.36. The molecule has 0 spiro atoms. The van der Waals surface area contributed by atoms with Crippen molar-refractivity contribution in [3.63, 3.8) is 0 Å². The van der Waals surface area contributed by atoms with Crippen molar-refractivity contribution in [2.45, 2.75) is 45.4 Å². The number of ether oxygens (including phenoxy) is 1. The maximum atomic E-state index is 10.4. The molecule has 3 nitrogen and oxygen atoms in total. The van der Waals surface area contributed by atoms with E-state index in [4.69, 9.17) is 16.3 Å². The lowest BCUT2D eigenvalue weighted by molar-refractivity contribution is -0.0294. The van der Waals surface area contributed by atoms with E-state index in [0.717, 1.165) is 60.6 Å². The Morgan fingerprint density at radius 1 is 1.15 bits per heavy atom. The number of hydrogen-bond acceptors (Lipinski definition) is 3. The number of aromatic hydroxyl groups is 1. The van der Waals surface area contributed by atoms with Crippen LogP contribution in [-0.2, 0) is 24.3 Å². The van der Waals surface area contributed by atoms with Gasteiger partial charge < -0.3 is 9.84 Å². The largest absolute Gasteiger partial charge is 0.507 e.